The summed E-state index contributed by atoms with van der Waals surface area (Å²) in [4.78, 5) is 21.5. The predicted molar refractivity (Wildman–Crippen MR) is 142 cm³/mol. The first-order valence-electron chi connectivity index (χ1n) is 11.6. The van der Waals surface area contributed by atoms with Crippen molar-refractivity contribution in [2.75, 3.05) is 33.2 Å². The smallest absolute Gasteiger partial charge is 0.253 e. The van der Waals surface area contributed by atoms with Crippen LogP contribution in [0.25, 0.3) is 0 Å². The lowest BCUT2D eigenvalue weighted by molar-refractivity contribution is 0.0724. The third-order valence-electron chi connectivity index (χ3n) is 6.46. The summed E-state index contributed by atoms with van der Waals surface area (Å²) in [6.45, 7) is 4.57. The van der Waals surface area contributed by atoms with Crippen LogP contribution in [0.1, 0.15) is 47.2 Å². The van der Waals surface area contributed by atoms with E-state index in [1.807, 2.05) is 24.1 Å². The van der Waals surface area contributed by atoms with Gasteiger partial charge in [0.1, 0.15) is 0 Å². The Kier molecular flexibility index (Phi) is 9.38. The highest BCUT2D eigenvalue weighted by atomic mass is 127. The Morgan fingerprint density at radius 1 is 0.938 bits per heavy atom. The zero-order valence-electron chi connectivity index (χ0n) is 19.0. The molecule has 2 aromatic carbocycles. The second-order valence-corrected chi connectivity index (χ2v) is 8.74. The standard InChI is InChI=1S/C26H34N4O.HI/c1-27-26(30-17-14-23(20-30)18-21-8-4-2-5-9-21)28-19-22-10-12-24(13-11-22)25(31)29-15-6-3-7-16-29;/h2,4-5,8-13,23H,3,6-7,14-20H2,1H3,(H,27,28);1H. The highest BCUT2D eigenvalue weighted by Gasteiger charge is 2.25. The number of guanidine groups is 1. The number of carbonyl (C=O) groups is 1. The summed E-state index contributed by atoms with van der Waals surface area (Å²) in [7, 11) is 1.85. The first kappa shape index (κ1) is 24.6. The average molecular weight is 546 g/mol. The van der Waals surface area contributed by atoms with Gasteiger partial charge in [-0.2, -0.15) is 0 Å². The van der Waals surface area contributed by atoms with Gasteiger partial charge in [-0.05, 0) is 61.3 Å². The summed E-state index contributed by atoms with van der Waals surface area (Å²) in [5, 5.41) is 3.50. The molecule has 2 heterocycles. The van der Waals surface area contributed by atoms with Crippen LogP contribution in [-0.4, -0.2) is 54.9 Å². The summed E-state index contributed by atoms with van der Waals surface area (Å²) < 4.78 is 0. The highest BCUT2D eigenvalue weighted by Crippen LogP contribution is 2.21. The molecule has 1 N–H and O–H groups in total. The van der Waals surface area contributed by atoms with E-state index in [2.05, 4.69) is 57.7 Å². The van der Waals surface area contributed by atoms with Crippen LogP contribution in [0.2, 0.25) is 0 Å². The van der Waals surface area contributed by atoms with Crippen molar-refractivity contribution in [3.8, 4) is 0 Å². The molecule has 32 heavy (non-hydrogen) atoms. The molecule has 5 nitrogen and oxygen atoms in total. The maximum atomic E-state index is 12.6. The number of aliphatic imine (C=N–C) groups is 1. The van der Waals surface area contributed by atoms with Gasteiger partial charge < -0.3 is 15.1 Å². The van der Waals surface area contributed by atoms with Gasteiger partial charge in [-0.15, -0.1) is 24.0 Å². The molecule has 172 valence electrons. The first-order chi connectivity index (χ1) is 15.2. The van der Waals surface area contributed by atoms with E-state index in [0.29, 0.717) is 12.5 Å². The fraction of sp³-hybridized carbons (Fsp3) is 0.462. The number of hydrogen-bond donors (Lipinski definition) is 1. The van der Waals surface area contributed by atoms with Gasteiger partial charge >= 0.3 is 0 Å². The van der Waals surface area contributed by atoms with Crippen LogP contribution >= 0.6 is 24.0 Å². The van der Waals surface area contributed by atoms with Crippen LogP contribution < -0.4 is 5.32 Å². The molecule has 0 saturated carbocycles. The summed E-state index contributed by atoms with van der Waals surface area (Å²) in [6, 6.07) is 18.8. The number of likely N-dealkylation sites (tertiary alicyclic amines) is 2. The molecule has 2 aliphatic rings. The molecule has 2 saturated heterocycles. The zero-order valence-corrected chi connectivity index (χ0v) is 21.3. The molecule has 1 atom stereocenters. The van der Waals surface area contributed by atoms with E-state index in [-0.39, 0.29) is 29.9 Å². The van der Waals surface area contributed by atoms with Gasteiger partial charge in [0.05, 0.1) is 0 Å². The van der Waals surface area contributed by atoms with Crippen molar-refractivity contribution in [3.05, 3.63) is 71.3 Å². The monoisotopic (exact) mass is 546 g/mol. The average Bonchev–Trinajstić information content (AvgIpc) is 3.29. The van der Waals surface area contributed by atoms with Crippen LogP contribution in [0.3, 0.4) is 0 Å². The first-order valence-corrected chi connectivity index (χ1v) is 11.6. The van der Waals surface area contributed by atoms with Crippen LogP contribution in [-0.2, 0) is 13.0 Å². The predicted octanol–water partition coefficient (Wildman–Crippen LogP) is 4.57. The number of rotatable bonds is 5. The van der Waals surface area contributed by atoms with Gasteiger partial charge in [-0.3, -0.25) is 9.79 Å². The molecule has 0 bridgehead atoms. The maximum absolute atomic E-state index is 12.6. The van der Waals surface area contributed by atoms with E-state index in [1.165, 1.54) is 18.4 Å². The van der Waals surface area contributed by atoms with Gasteiger partial charge in [0.2, 0.25) is 0 Å². The molecule has 0 radical (unpaired) electrons. The molecule has 4 rings (SSSR count). The second-order valence-electron chi connectivity index (χ2n) is 8.74. The molecule has 1 unspecified atom stereocenters. The van der Waals surface area contributed by atoms with E-state index in [4.69, 9.17) is 0 Å². The van der Waals surface area contributed by atoms with Crippen LogP contribution in [0.15, 0.2) is 59.6 Å². The molecule has 2 aromatic rings. The third-order valence-corrected chi connectivity index (χ3v) is 6.46. The van der Waals surface area contributed by atoms with Gasteiger partial charge in [0, 0.05) is 45.3 Å². The number of hydrogen-bond acceptors (Lipinski definition) is 2. The lowest BCUT2D eigenvalue weighted by atomic mass is 9.99. The van der Waals surface area contributed by atoms with Crippen molar-refractivity contribution >= 4 is 35.8 Å². The SMILES string of the molecule is CN=C(NCc1ccc(C(=O)N2CCCCC2)cc1)N1CCC(Cc2ccccc2)C1.I. The van der Waals surface area contributed by atoms with Gasteiger partial charge in [-0.1, -0.05) is 42.5 Å². The molecule has 2 fully saturated rings. The van der Waals surface area contributed by atoms with Gasteiger partial charge in [-0.25, -0.2) is 0 Å². The van der Waals surface area contributed by atoms with E-state index >= 15 is 0 Å². The topological polar surface area (TPSA) is 47.9 Å². The Hall–Kier alpha value is -2.09. The number of nitrogens with one attached hydrogen (secondary N) is 1. The van der Waals surface area contributed by atoms with Crippen molar-refractivity contribution in [3.63, 3.8) is 0 Å². The van der Waals surface area contributed by atoms with Crippen LogP contribution in [0.5, 0.6) is 0 Å². The minimum Gasteiger partial charge on any atom is -0.352 e. The van der Waals surface area contributed by atoms with Gasteiger partial charge in [0.15, 0.2) is 5.96 Å². The van der Waals surface area contributed by atoms with E-state index < -0.39 is 0 Å². The third kappa shape index (κ3) is 6.47. The van der Waals surface area contributed by atoms with Gasteiger partial charge in [0.25, 0.3) is 5.91 Å². The lowest BCUT2D eigenvalue weighted by Gasteiger charge is -2.26. The largest absolute Gasteiger partial charge is 0.352 e. The fourth-order valence-electron chi connectivity index (χ4n) is 4.70. The van der Waals surface area contributed by atoms with Crippen molar-refractivity contribution in [1.29, 1.82) is 0 Å². The number of benzene rings is 2. The number of amides is 1. The minimum atomic E-state index is 0. The maximum Gasteiger partial charge on any atom is 0.253 e. The molecule has 0 aliphatic carbocycles. The fourth-order valence-corrected chi connectivity index (χ4v) is 4.70. The van der Waals surface area contributed by atoms with Crippen molar-refractivity contribution in [2.24, 2.45) is 10.9 Å². The van der Waals surface area contributed by atoms with E-state index in [9.17, 15) is 4.79 Å². The normalized spacial score (nSPS) is 18.9. The molecule has 0 spiro atoms. The summed E-state index contributed by atoms with van der Waals surface area (Å²) >= 11 is 0. The Labute approximate surface area is 209 Å². The number of nitrogens with zero attached hydrogens (tertiary/aromatic N) is 3. The quantitative estimate of drug-likeness (QED) is 0.340. The Balaban J connectivity index is 0.00000289. The molecule has 2 aliphatic heterocycles. The highest BCUT2D eigenvalue weighted by molar-refractivity contribution is 14.0. The van der Waals surface area contributed by atoms with Crippen LogP contribution in [0, 0.1) is 5.92 Å². The van der Waals surface area contributed by atoms with E-state index in [1.54, 1.807) is 0 Å². The molecule has 6 heteroatoms. The van der Waals surface area contributed by atoms with Crippen molar-refractivity contribution in [1.82, 2.24) is 15.1 Å². The van der Waals surface area contributed by atoms with E-state index in [0.717, 1.165) is 62.5 Å². The zero-order chi connectivity index (χ0) is 21.5. The summed E-state index contributed by atoms with van der Waals surface area (Å²) in [5.41, 5.74) is 3.37. The molecular weight excluding hydrogens is 511 g/mol. The Morgan fingerprint density at radius 3 is 2.34 bits per heavy atom. The van der Waals surface area contributed by atoms with Crippen molar-refractivity contribution < 1.29 is 4.79 Å². The molecule has 1 amide bonds. The number of carbonyl (C=O) groups excluding carboxylic acids is 1. The molecule has 0 aromatic heterocycles. The molecular formula is C26H35IN4O. The number of halogens is 1. The Morgan fingerprint density at radius 2 is 1.66 bits per heavy atom. The lowest BCUT2D eigenvalue weighted by Crippen LogP contribution is -2.39. The Bertz CT molecular complexity index is 878. The number of piperidine rings is 1. The van der Waals surface area contributed by atoms with Crippen LogP contribution in [0.4, 0.5) is 0 Å². The summed E-state index contributed by atoms with van der Waals surface area (Å²) in [5.74, 6) is 1.79. The van der Waals surface area contributed by atoms with Crippen molar-refractivity contribution in [2.45, 2.75) is 38.6 Å². The summed E-state index contributed by atoms with van der Waals surface area (Å²) in [6.07, 6.45) is 5.80. The second kappa shape index (κ2) is 12.2. The minimum absolute atomic E-state index is 0.